The summed E-state index contributed by atoms with van der Waals surface area (Å²) in [5.41, 5.74) is 3.47. The molecule has 0 aliphatic heterocycles. The molecule has 2 N–H and O–H groups in total. The van der Waals surface area contributed by atoms with Gasteiger partial charge >= 0.3 is 5.97 Å². The molecule has 0 unspecified atom stereocenters. The minimum absolute atomic E-state index is 0.0318. The number of carbonyl (C=O) groups excluding carboxylic acids is 1. The van der Waals surface area contributed by atoms with Crippen molar-refractivity contribution in [1.82, 2.24) is 5.32 Å². The zero-order valence-electron chi connectivity index (χ0n) is 16.6. The molecule has 0 aliphatic rings. The molecule has 0 saturated heterocycles. The average molecular weight is 385 g/mol. The van der Waals surface area contributed by atoms with E-state index in [0.717, 1.165) is 17.7 Å². The number of rotatable bonds is 6. The van der Waals surface area contributed by atoms with Crippen LogP contribution in [0.3, 0.4) is 0 Å². The Morgan fingerprint density at radius 1 is 1.15 bits per heavy atom. The first-order valence-corrected chi connectivity index (χ1v) is 9.46. The lowest BCUT2D eigenvalue weighted by Gasteiger charge is -2.30. The number of hydrogen-bond acceptors (Lipinski definition) is 3. The van der Waals surface area contributed by atoms with Gasteiger partial charge < -0.3 is 15.4 Å². The van der Waals surface area contributed by atoms with E-state index in [2.05, 4.69) is 55.7 Å². The molecule has 0 aliphatic carbocycles. The van der Waals surface area contributed by atoms with Crippen LogP contribution in [0.1, 0.15) is 48.7 Å². The van der Waals surface area contributed by atoms with Crippen LogP contribution in [0.2, 0.25) is 0 Å². The lowest BCUT2D eigenvalue weighted by atomic mass is 9.79. The molecule has 144 valence electrons. The number of ether oxygens (including phenoxy) is 1. The molecule has 4 nitrogen and oxygen atoms in total. The number of esters is 1. The van der Waals surface area contributed by atoms with Crippen molar-refractivity contribution in [3.8, 4) is 0 Å². The van der Waals surface area contributed by atoms with Gasteiger partial charge in [0.15, 0.2) is 5.11 Å². The van der Waals surface area contributed by atoms with Crippen molar-refractivity contribution in [3.05, 3.63) is 65.2 Å². The average Bonchev–Trinajstić information content (AvgIpc) is 2.63. The van der Waals surface area contributed by atoms with Crippen LogP contribution in [0.25, 0.3) is 0 Å². The van der Waals surface area contributed by atoms with Gasteiger partial charge in [-0.2, -0.15) is 0 Å². The molecule has 0 radical (unpaired) electrons. The number of benzene rings is 2. The fraction of sp³-hybridized carbons (Fsp3) is 0.364. The first-order valence-electron chi connectivity index (χ1n) is 9.05. The molecule has 0 spiro atoms. The Labute approximate surface area is 167 Å². The molecule has 5 heteroatoms. The van der Waals surface area contributed by atoms with Crippen molar-refractivity contribution in [2.45, 2.75) is 45.6 Å². The molecule has 0 saturated carbocycles. The predicted molar refractivity (Wildman–Crippen MR) is 115 cm³/mol. The lowest BCUT2D eigenvalue weighted by Crippen LogP contribution is -2.39. The van der Waals surface area contributed by atoms with Gasteiger partial charge in [0, 0.05) is 11.7 Å². The fourth-order valence-corrected chi connectivity index (χ4v) is 3.62. The van der Waals surface area contributed by atoms with Gasteiger partial charge in [0.2, 0.25) is 0 Å². The standard InChI is InChI=1S/C22H28N2O2S/c1-15(14-22(3,4)17-10-7-6-8-11-17)23-21(27)24-19-13-9-12-18(16(19)2)20(25)26-5/h6-13,15H,14H2,1-5H3,(H2,23,24,27)/t15-/m0/s1. The SMILES string of the molecule is COC(=O)c1cccc(NC(=S)N[C@@H](C)CC(C)(C)c2ccccc2)c1C. The Hall–Kier alpha value is -2.40. The summed E-state index contributed by atoms with van der Waals surface area (Å²) in [6, 6.07) is 16.1. The Morgan fingerprint density at radius 3 is 2.44 bits per heavy atom. The van der Waals surface area contributed by atoms with Crippen LogP contribution in [0, 0.1) is 6.92 Å². The number of thiocarbonyl (C=S) groups is 1. The molecule has 2 rings (SSSR count). The highest BCUT2D eigenvalue weighted by atomic mass is 32.1. The van der Waals surface area contributed by atoms with Crippen molar-refractivity contribution in [3.63, 3.8) is 0 Å². The molecule has 0 aromatic heterocycles. The van der Waals surface area contributed by atoms with Crippen molar-refractivity contribution in [2.24, 2.45) is 0 Å². The number of anilines is 1. The smallest absolute Gasteiger partial charge is 0.338 e. The van der Waals surface area contributed by atoms with Gasteiger partial charge in [0.25, 0.3) is 0 Å². The van der Waals surface area contributed by atoms with Gasteiger partial charge in [-0.1, -0.05) is 50.2 Å². The van der Waals surface area contributed by atoms with Crippen molar-refractivity contribution in [1.29, 1.82) is 0 Å². The highest BCUT2D eigenvalue weighted by Gasteiger charge is 2.23. The Morgan fingerprint density at radius 2 is 1.81 bits per heavy atom. The summed E-state index contributed by atoms with van der Waals surface area (Å²) in [5, 5.41) is 7.09. The zero-order chi connectivity index (χ0) is 20.0. The van der Waals surface area contributed by atoms with E-state index in [1.54, 1.807) is 6.07 Å². The maximum absolute atomic E-state index is 11.8. The molecule has 2 aromatic rings. The molecule has 0 bridgehead atoms. The minimum Gasteiger partial charge on any atom is -0.465 e. The summed E-state index contributed by atoms with van der Waals surface area (Å²) < 4.78 is 4.82. The molecular formula is C22H28N2O2S. The van der Waals surface area contributed by atoms with Gasteiger partial charge in [-0.25, -0.2) is 4.79 Å². The molecule has 2 aromatic carbocycles. The van der Waals surface area contributed by atoms with Crippen molar-refractivity contribution < 1.29 is 9.53 Å². The minimum atomic E-state index is -0.354. The molecule has 27 heavy (non-hydrogen) atoms. The van der Waals surface area contributed by atoms with E-state index in [-0.39, 0.29) is 17.4 Å². The van der Waals surface area contributed by atoms with E-state index >= 15 is 0 Å². The van der Waals surface area contributed by atoms with Gasteiger partial charge in [-0.05, 0) is 61.2 Å². The van der Waals surface area contributed by atoms with Crippen LogP contribution in [0.15, 0.2) is 48.5 Å². The zero-order valence-corrected chi connectivity index (χ0v) is 17.4. The topological polar surface area (TPSA) is 50.4 Å². The van der Waals surface area contributed by atoms with Gasteiger partial charge in [0.1, 0.15) is 0 Å². The van der Waals surface area contributed by atoms with Gasteiger partial charge in [-0.3, -0.25) is 0 Å². The summed E-state index contributed by atoms with van der Waals surface area (Å²) in [7, 11) is 1.38. The maximum atomic E-state index is 11.8. The van der Waals surface area contributed by atoms with E-state index < -0.39 is 0 Å². The van der Waals surface area contributed by atoms with Crippen LogP contribution in [0.5, 0.6) is 0 Å². The van der Waals surface area contributed by atoms with Crippen molar-refractivity contribution >= 4 is 29.0 Å². The van der Waals surface area contributed by atoms with Crippen LogP contribution in [-0.4, -0.2) is 24.2 Å². The third-order valence-corrected chi connectivity index (χ3v) is 4.96. The number of hydrogen-bond donors (Lipinski definition) is 2. The predicted octanol–water partition coefficient (Wildman–Crippen LogP) is 4.82. The number of carbonyl (C=O) groups is 1. The monoisotopic (exact) mass is 384 g/mol. The number of methoxy groups -OCH3 is 1. The maximum Gasteiger partial charge on any atom is 0.338 e. The highest BCUT2D eigenvalue weighted by molar-refractivity contribution is 7.80. The van der Waals surface area contributed by atoms with Crippen LogP contribution in [-0.2, 0) is 10.2 Å². The van der Waals surface area contributed by atoms with Crippen LogP contribution >= 0.6 is 12.2 Å². The molecule has 1 atom stereocenters. The second-order valence-electron chi connectivity index (χ2n) is 7.42. The van der Waals surface area contributed by atoms with Crippen LogP contribution in [0.4, 0.5) is 5.69 Å². The Bertz CT molecular complexity index is 803. The van der Waals surface area contributed by atoms with Crippen LogP contribution < -0.4 is 10.6 Å². The first-order chi connectivity index (χ1) is 12.7. The molecule has 0 heterocycles. The quantitative estimate of drug-likeness (QED) is 0.552. The summed E-state index contributed by atoms with van der Waals surface area (Å²) in [6.45, 7) is 8.47. The van der Waals surface area contributed by atoms with Gasteiger partial charge in [-0.15, -0.1) is 0 Å². The largest absolute Gasteiger partial charge is 0.465 e. The second-order valence-corrected chi connectivity index (χ2v) is 7.83. The third kappa shape index (κ3) is 5.54. The van der Waals surface area contributed by atoms with E-state index in [9.17, 15) is 4.79 Å². The highest BCUT2D eigenvalue weighted by Crippen LogP contribution is 2.28. The Kier molecular flexibility index (Phi) is 6.97. The molecule has 0 fully saturated rings. The van der Waals surface area contributed by atoms with E-state index in [0.29, 0.717) is 10.7 Å². The van der Waals surface area contributed by atoms with E-state index in [1.807, 2.05) is 25.1 Å². The fourth-order valence-electron chi connectivity index (χ4n) is 3.31. The number of nitrogens with one attached hydrogen (secondary N) is 2. The lowest BCUT2D eigenvalue weighted by molar-refractivity contribution is 0.0600. The van der Waals surface area contributed by atoms with Gasteiger partial charge in [0.05, 0.1) is 12.7 Å². The third-order valence-electron chi connectivity index (χ3n) is 4.74. The summed E-state index contributed by atoms with van der Waals surface area (Å²) in [4.78, 5) is 11.8. The second kappa shape index (κ2) is 9.00. The summed E-state index contributed by atoms with van der Waals surface area (Å²) in [5.74, 6) is -0.354. The summed E-state index contributed by atoms with van der Waals surface area (Å²) >= 11 is 5.48. The van der Waals surface area contributed by atoms with E-state index in [1.165, 1.54) is 12.7 Å². The molecule has 0 amide bonds. The first kappa shape index (κ1) is 20.9. The normalized spacial score (nSPS) is 12.2. The molecular weight excluding hydrogens is 356 g/mol. The Balaban J connectivity index is 2.01. The van der Waals surface area contributed by atoms with Crippen molar-refractivity contribution in [2.75, 3.05) is 12.4 Å². The van der Waals surface area contributed by atoms with E-state index in [4.69, 9.17) is 17.0 Å². The summed E-state index contributed by atoms with van der Waals surface area (Å²) in [6.07, 6.45) is 0.931.